The van der Waals surface area contributed by atoms with Crippen LogP contribution >= 0.6 is 11.3 Å². The van der Waals surface area contributed by atoms with E-state index in [1.807, 2.05) is 36.6 Å². The van der Waals surface area contributed by atoms with Crippen LogP contribution < -0.4 is 0 Å². The fourth-order valence-electron chi connectivity index (χ4n) is 2.89. The molecule has 1 fully saturated rings. The van der Waals surface area contributed by atoms with Gasteiger partial charge >= 0.3 is 5.97 Å². The summed E-state index contributed by atoms with van der Waals surface area (Å²) < 4.78 is 1.08. The van der Waals surface area contributed by atoms with Gasteiger partial charge in [0.2, 0.25) is 0 Å². The molecule has 2 atom stereocenters. The largest absolute Gasteiger partial charge is 0.481 e. The quantitative estimate of drug-likeness (QED) is 0.926. The highest BCUT2D eigenvalue weighted by Crippen LogP contribution is 2.30. The van der Waals surface area contributed by atoms with E-state index < -0.39 is 11.9 Å². The predicted octanol–water partition coefficient (Wildman–Crippen LogP) is 3.23. The molecule has 1 amide bonds. The van der Waals surface area contributed by atoms with Crippen molar-refractivity contribution in [3.8, 4) is 0 Å². The molecule has 5 heteroatoms. The van der Waals surface area contributed by atoms with Gasteiger partial charge in [-0.1, -0.05) is 18.2 Å². The Morgan fingerprint density at radius 1 is 1.29 bits per heavy atom. The van der Waals surface area contributed by atoms with Crippen LogP contribution in [0.2, 0.25) is 0 Å². The van der Waals surface area contributed by atoms with Gasteiger partial charge in [0.15, 0.2) is 0 Å². The average Bonchev–Trinajstić information content (AvgIpc) is 2.90. The van der Waals surface area contributed by atoms with Crippen LogP contribution in [0, 0.1) is 5.92 Å². The number of benzene rings is 1. The Hall–Kier alpha value is -1.88. The molecular formula is C16H17NO3S. The third kappa shape index (κ3) is 2.53. The Bertz CT molecular complexity index is 694. The van der Waals surface area contributed by atoms with Crippen LogP contribution in [0.25, 0.3) is 10.1 Å². The molecule has 1 saturated heterocycles. The molecule has 0 aliphatic carbocycles. The highest BCUT2D eigenvalue weighted by molar-refractivity contribution is 7.17. The fraction of sp³-hybridized carbons (Fsp3) is 0.375. The Labute approximate surface area is 127 Å². The second-order valence-electron chi connectivity index (χ2n) is 5.56. The van der Waals surface area contributed by atoms with E-state index in [2.05, 4.69) is 0 Å². The molecule has 2 heterocycles. The van der Waals surface area contributed by atoms with Crippen molar-refractivity contribution in [3.63, 3.8) is 0 Å². The number of aliphatic carboxylic acids is 1. The summed E-state index contributed by atoms with van der Waals surface area (Å²) in [6, 6.07) is 7.91. The van der Waals surface area contributed by atoms with Crippen LogP contribution in [-0.4, -0.2) is 34.5 Å². The Kier molecular flexibility index (Phi) is 3.68. The molecule has 1 N–H and O–H groups in total. The van der Waals surface area contributed by atoms with Gasteiger partial charge < -0.3 is 10.0 Å². The molecule has 2 aromatic rings. The number of hydrogen-bond donors (Lipinski definition) is 1. The lowest BCUT2D eigenvalue weighted by molar-refractivity contribution is -0.143. The molecule has 4 nitrogen and oxygen atoms in total. The van der Waals surface area contributed by atoms with E-state index in [0.29, 0.717) is 18.5 Å². The van der Waals surface area contributed by atoms with E-state index in [1.165, 1.54) is 0 Å². The van der Waals surface area contributed by atoms with Gasteiger partial charge in [0.25, 0.3) is 5.91 Å². The van der Waals surface area contributed by atoms with Crippen molar-refractivity contribution in [1.29, 1.82) is 0 Å². The highest BCUT2D eigenvalue weighted by atomic mass is 32.1. The maximum absolute atomic E-state index is 12.8. The summed E-state index contributed by atoms with van der Waals surface area (Å²) in [7, 11) is 0. The van der Waals surface area contributed by atoms with Gasteiger partial charge in [0.1, 0.15) is 0 Å². The normalized spacial score (nSPS) is 22.4. The molecule has 1 aliphatic rings. The smallest absolute Gasteiger partial charge is 0.308 e. The monoisotopic (exact) mass is 303 g/mol. The van der Waals surface area contributed by atoms with Crippen molar-refractivity contribution in [1.82, 2.24) is 4.90 Å². The number of carbonyl (C=O) groups is 2. The summed E-state index contributed by atoms with van der Waals surface area (Å²) in [5.74, 6) is -1.31. The zero-order valence-electron chi connectivity index (χ0n) is 11.8. The van der Waals surface area contributed by atoms with E-state index in [1.54, 1.807) is 16.2 Å². The molecule has 110 valence electrons. The lowest BCUT2D eigenvalue weighted by Crippen LogP contribution is -2.47. The molecule has 21 heavy (non-hydrogen) atoms. The van der Waals surface area contributed by atoms with Crippen molar-refractivity contribution in [3.05, 3.63) is 35.2 Å². The first-order valence-electron chi connectivity index (χ1n) is 7.08. The SMILES string of the molecule is CC1CCC(C(=O)O)CN1C(=O)c1csc2ccccc12. The van der Waals surface area contributed by atoms with Crippen molar-refractivity contribution in [2.24, 2.45) is 5.92 Å². The number of carbonyl (C=O) groups excluding carboxylic acids is 1. The standard InChI is InChI=1S/C16H17NO3S/c1-10-6-7-11(16(19)20)8-17(10)15(18)13-9-21-14-5-3-2-4-12(13)14/h2-5,9-11H,6-8H2,1H3,(H,19,20). The molecular weight excluding hydrogens is 286 g/mol. The maximum Gasteiger partial charge on any atom is 0.308 e. The van der Waals surface area contributed by atoms with Gasteiger partial charge in [-0.15, -0.1) is 11.3 Å². The molecule has 3 rings (SSSR count). The van der Waals surface area contributed by atoms with Crippen LogP contribution in [-0.2, 0) is 4.79 Å². The summed E-state index contributed by atoms with van der Waals surface area (Å²) in [6.45, 7) is 2.30. The van der Waals surface area contributed by atoms with E-state index in [4.69, 9.17) is 0 Å². The minimum absolute atomic E-state index is 0.0501. The van der Waals surface area contributed by atoms with Crippen molar-refractivity contribution < 1.29 is 14.7 Å². The Morgan fingerprint density at radius 2 is 2.05 bits per heavy atom. The molecule has 0 spiro atoms. The number of hydrogen-bond acceptors (Lipinski definition) is 3. The van der Waals surface area contributed by atoms with Crippen LogP contribution in [0.5, 0.6) is 0 Å². The Morgan fingerprint density at radius 3 is 2.81 bits per heavy atom. The number of rotatable bonds is 2. The lowest BCUT2D eigenvalue weighted by Gasteiger charge is -2.36. The number of thiophene rings is 1. The predicted molar refractivity (Wildman–Crippen MR) is 82.7 cm³/mol. The highest BCUT2D eigenvalue weighted by Gasteiger charge is 2.33. The van der Waals surface area contributed by atoms with Gasteiger partial charge in [-0.2, -0.15) is 0 Å². The Balaban J connectivity index is 1.91. The van der Waals surface area contributed by atoms with Gasteiger partial charge in [-0.25, -0.2) is 0 Å². The van der Waals surface area contributed by atoms with Crippen LogP contribution in [0.3, 0.4) is 0 Å². The first kappa shape index (κ1) is 14.1. The first-order chi connectivity index (χ1) is 10.1. The molecule has 1 aromatic heterocycles. The summed E-state index contributed by atoms with van der Waals surface area (Å²) in [6.07, 6.45) is 1.38. The second-order valence-corrected chi connectivity index (χ2v) is 6.48. The third-order valence-corrected chi connectivity index (χ3v) is 5.17. The lowest BCUT2D eigenvalue weighted by atomic mass is 9.93. The number of nitrogens with zero attached hydrogens (tertiary/aromatic N) is 1. The van der Waals surface area contributed by atoms with Crippen LogP contribution in [0.15, 0.2) is 29.6 Å². The average molecular weight is 303 g/mol. The van der Waals surface area contributed by atoms with E-state index >= 15 is 0 Å². The molecule has 2 unspecified atom stereocenters. The van der Waals surface area contributed by atoms with Gasteiger partial charge in [0.05, 0.1) is 11.5 Å². The number of piperidine rings is 1. The van der Waals surface area contributed by atoms with Gasteiger partial charge in [-0.3, -0.25) is 9.59 Å². The number of carboxylic acids is 1. The molecule has 0 radical (unpaired) electrons. The topological polar surface area (TPSA) is 57.6 Å². The molecule has 0 bridgehead atoms. The zero-order valence-corrected chi connectivity index (χ0v) is 12.6. The summed E-state index contributed by atoms with van der Waals surface area (Å²) in [4.78, 5) is 25.7. The molecule has 0 saturated carbocycles. The fourth-order valence-corrected chi connectivity index (χ4v) is 3.82. The van der Waals surface area contributed by atoms with Crippen molar-refractivity contribution >= 4 is 33.3 Å². The number of fused-ring (bicyclic) bond motifs is 1. The number of carboxylic acid groups (broad SMARTS) is 1. The van der Waals surface area contributed by atoms with E-state index in [-0.39, 0.29) is 11.9 Å². The maximum atomic E-state index is 12.8. The number of likely N-dealkylation sites (tertiary alicyclic amines) is 1. The van der Waals surface area contributed by atoms with Crippen LogP contribution in [0.1, 0.15) is 30.1 Å². The van der Waals surface area contributed by atoms with E-state index in [9.17, 15) is 14.7 Å². The summed E-state index contributed by atoms with van der Waals surface area (Å²) in [5.41, 5.74) is 0.688. The number of amides is 1. The molecule has 1 aromatic carbocycles. The summed E-state index contributed by atoms with van der Waals surface area (Å²) >= 11 is 1.55. The zero-order chi connectivity index (χ0) is 15.0. The van der Waals surface area contributed by atoms with Crippen molar-refractivity contribution in [2.45, 2.75) is 25.8 Å². The summed E-state index contributed by atoms with van der Waals surface area (Å²) in [5, 5.41) is 12.0. The van der Waals surface area contributed by atoms with E-state index in [0.717, 1.165) is 16.5 Å². The molecule has 1 aliphatic heterocycles. The van der Waals surface area contributed by atoms with Gasteiger partial charge in [0, 0.05) is 28.1 Å². The van der Waals surface area contributed by atoms with Crippen molar-refractivity contribution in [2.75, 3.05) is 6.54 Å². The van der Waals surface area contributed by atoms with Crippen LogP contribution in [0.4, 0.5) is 0 Å². The van der Waals surface area contributed by atoms with Gasteiger partial charge in [-0.05, 0) is 25.8 Å². The second kappa shape index (κ2) is 5.48. The third-order valence-electron chi connectivity index (χ3n) is 4.20. The minimum Gasteiger partial charge on any atom is -0.481 e. The minimum atomic E-state index is -0.810. The first-order valence-corrected chi connectivity index (χ1v) is 7.96.